The van der Waals surface area contributed by atoms with Crippen molar-refractivity contribution in [2.75, 3.05) is 13.3 Å². The van der Waals surface area contributed by atoms with Crippen molar-refractivity contribution in [3.8, 4) is 0 Å². The van der Waals surface area contributed by atoms with E-state index in [1.165, 1.54) is 4.90 Å². The normalized spacial score (nSPS) is 9.86. The molecule has 1 rings (SSSR count). The topological polar surface area (TPSA) is 41.1 Å². The van der Waals surface area contributed by atoms with Crippen LogP contribution in [0.15, 0.2) is 29.2 Å². The summed E-state index contributed by atoms with van der Waals surface area (Å²) < 4.78 is 0. The van der Waals surface area contributed by atoms with Crippen LogP contribution in [-0.4, -0.2) is 19.2 Å². The summed E-state index contributed by atoms with van der Waals surface area (Å²) in [5.41, 5.74) is 6.16. The van der Waals surface area contributed by atoms with Gasteiger partial charge in [-0.25, -0.2) is 5.43 Å². The van der Waals surface area contributed by atoms with Gasteiger partial charge in [0.25, 0.3) is 0 Å². The van der Waals surface area contributed by atoms with E-state index in [1.54, 1.807) is 18.8 Å². The summed E-state index contributed by atoms with van der Waals surface area (Å²) in [6, 6.07) is 7.99. The van der Waals surface area contributed by atoms with Crippen molar-refractivity contribution in [2.45, 2.75) is 11.3 Å². The summed E-state index contributed by atoms with van der Waals surface area (Å²) in [6.45, 7) is 0. The predicted octanol–water partition coefficient (Wildman–Crippen LogP) is 1.20. The Labute approximate surface area is 88.2 Å². The zero-order valence-electron chi connectivity index (χ0n) is 8.33. The van der Waals surface area contributed by atoms with Crippen LogP contribution in [0.25, 0.3) is 0 Å². The molecule has 0 heterocycles. The third-order valence-corrected chi connectivity index (χ3v) is 2.53. The van der Waals surface area contributed by atoms with Crippen molar-refractivity contribution in [3.63, 3.8) is 0 Å². The number of nitrogens with one attached hydrogen (secondary N) is 2. The fraction of sp³-hybridized carbons (Fsp3) is 0.300. The van der Waals surface area contributed by atoms with Gasteiger partial charge in [0.05, 0.1) is 6.42 Å². The summed E-state index contributed by atoms with van der Waals surface area (Å²) >= 11 is 1.69. The van der Waals surface area contributed by atoms with Crippen molar-refractivity contribution in [1.29, 1.82) is 0 Å². The number of carbonyl (C=O) groups excluding carboxylic acids is 1. The molecule has 0 fully saturated rings. The molecule has 1 aromatic rings. The second-order valence-electron chi connectivity index (χ2n) is 2.82. The Hall–Kier alpha value is -1.00. The number of amides is 1. The van der Waals surface area contributed by atoms with Gasteiger partial charge in [-0.05, 0) is 24.0 Å². The lowest BCUT2D eigenvalue weighted by atomic mass is 10.1. The van der Waals surface area contributed by atoms with E-state index in [4.69, 9.17) is 0 Å². The molecule has 0 aromatic heterocycles. The number of carbonyl (C=O) groups is 1. The van der Waals surface area contributed by atoms with Crippen LogP contribution in [0.3, 0.4) is 0 Å². The second kappa shape index (κ2) is 5.67. The third-order valence-electron chi connectivity index (χ3n) is 1.79. The fourth-order valence-electron chi connectivity index (χ4n) is 1.11. The lowest BCUT2D eigenvalue weighted by Gasteiger charge is -2.03. The first-order valence-corrected chi connectivity index (χ1v) is 5.57. The molecule has 0 saturated carbocycles. The predicted molar refractivity (Wildman–Crippen MR) is 59.1 cm³/mol. The minimum absolute atomic E-state index is 0.0237. The lowest BCUT2D eigenvalue weighted by molar-refractivity contribution is -0.121. The van der Waals surface area contributed by atoms with Gasteiger partial charge < -0.3 is 0 Å². The van der Waals surface area contributed by atoms with E-state index in [0.717, 1.165) is 5.56 Å². The minimum Gasteiger partial charge on any atom is -0.292 e. The van der Waals surface area contributed by atoms with Gasteiger partial charge in [-0.15, -0.1) is 11.8 Å². The maximum atomic E-state index is 11.2. The van der Waals surface area contributed by atoms with Gasteiger partial charge in [0, 0.05) is 11.9 Å². The molecule has 14 heavy (non-hydrogen) atoms. The first-order chi connectivity index (χ1) is 6.76. The van der Waals surface area contributed by atoms with Crippen LogP contribution in [0, 0.1) is 0 Å². The Morgan fingerprint density at radius 2 is 2.00 bits per heavy atom. The third kappa shape index (κ3) is 3.40. The molecule has 0 aliphatic carbocycles. The highest BCUT2D eigenvalue weighted by molar-refractivity contribution is 7.98. The van der Waals surface area contributed by atoms with Gasteiger partial charge in [0.2, 0.25) is 5.91 Å². The van der Waals surface area contributed by atoms with Crippen LogP contribution in [0.4, 0.5) is 0 Å². The smallest absolute Gasteiger partial charge is 0.238 e. The molecule has 0 radical (unpaired) electrons. The maximum Gasteiger partial charge on any atom is 0.238 e. The van der Waals surface area contributed by atoms with Gasteiger partial charge in [-0.3, -0.25) is 10.2 Å². The van der Waals surface area contributed by atoms with Gasteiger partial charge >= 0.3 is 0 Å². The van der Waals surface area contributed by atoms with Gasteiger partial charge in [0.15, 0.2) is 0 Å². The molecule has 0 bridgehead atoms. The molecular weight excluding hydrogens is 196 g/mol. The van der Waals surface area contributed by atoms with E-state index >= 15 is 0 Å². The Balaban J connectivity index is 2.55. The molecule has 0 unspecified atom stereocenters. The molecule has 3 nitrogen and oxygen atoms in total. The summed E-state index contributed by atoms with van der Waals surface area (Å²) in [6.07, 6.45) is 2.44. The number of hydrazine groups is 1. The number of benzene rings is 1. The van der Waals surface area contributed by atoms with E-state index in [1.807, 2.05) is 30.5 Å². The molecule has 0 aliphatic rings. The molecule has 1 amide bonds. The standard InChI is InChI=1S/C10H14N2OS/c1-11-12-10(13)7-8-3-5-9(14-2)6-4-8/h3-6,11H,7H2,1-2H3,(H,12,13). The Kier molecular flexibility index (Phi) is 4.49. The maximum absolute atomic E-state index is 11.2. The average molecular weight is 210 g/mol. The molecular formula is C10H14N2OS. The lowest BCUT2D eigenvalue weighted by Crippen LogP contribution is -2.35. The molecule has 2 N–H and O–H groups in total. The van der Waals surface area contributed by atoms with Crippen molar-refractivity contribution in [3.05, 3.63) is 29.8 Å². The van der Waals surface area contributed by atoms with Crippen LogP contribution in [0.2, 0.25) is 0 Å². The molecule has 1 aromatic carbocycles. The molecule has 0 atom stereocenters. The first kappa shape index (κ1) is 11.1. The summed E-state index contributed by atoms with van der Waals surface area (Å²) in [5.74, 6) is -0.0237. The highest BCUT2D eigenvalue weighted by atomic mass is 32.2. The fourth-order valence-corrected chi connectivity index (χ4v) is 1.52. The molecule has 0 spiro atoms. The Bertz CT molecular complexity index is 297. The van der Waals surface area contributed by atoms with Crippen LogP contribution in [0.1, 0.15) is 5.56 Å². The minimum atomic E-state index is -0.0237. The quantitative estimate of drug-likeness (QED) is 0.579. The molecule has 76 valence electrons. The van der Waals surface area contributed by atoms with Crippen molar-refractivity contribution >= 4 is 17.7 Å². The number of hydrogen-bond donors (Lipinski definition) is 2. The van der Waals surface area contributed by atoms with Gasteiger partial charge in [-0.1, -0.05) is 12.1 Å². The molecule has 0 aliphatic heterocycles. The highest BCUT2D eigenvalue weighted by Gasteiger charge is 2.01. The van der Waals surface area contributed by atoms with Crippen molar-refractivity contribution < 1.29 is 4.79 Å². The van der Waals surface area contributed by atoms with Gasteiger partial charge in [-0.2, -0.15) is 0 Å². The van der Waals surface area contributed by atoms with E-state index in [0.29, 0.717) is 6.42 Å². The second-order valence-corrected chi connectivity index (χ2v) is 3.70. The Morgan fingerprint density at radius 3 is 2.50 bits per heavy atom. The SMILES string of the molecule is CNNC(=O)Cc1ccc(SC)cc1. The monoisotopic (exact) mass is 210 g/mol. The first-order valence-electron chi connectivity index (χ1n) is 4.34. The summed E-state index contributed by atoms with van der Waals surface area (Å²) in [4.78, 5) is 12.4. The number of rotatable bonds is 4. The number of thioether (sulfide) groups is 1. The van der Waals surface area contributed by atoms with Crippen LogP contribution >= 0.6 is 11.8 Å². The zero-order valence-corrected chi connectivity index (χ0v) is 9.15. The van der Waals surface area contributed by atoms with E-state index < -0.39 is 0 Å². The average Bonchev–Trinajstić information content (AvgIpc) is 2.19. The Morgan fingerprint density at radius 1 is 1.36 bits per heavy atom. The molecule has 0 saturated heterocycles. The van der Waals surface area contributed by atoms with Gasteiger partial charge in [0.1, 0.15) is 0 Å². The van der Waals surface area contributed by atoms with Crippen molar-refractivity contribution in [1.82, 2.24) is 10.9 Å². The molecule has 4 heteroatoms. The summed E-state index contributed by atoms with van der Waals surface area (Å²) in [5, 5.41) is 0. The zero-order chi connectivity index (χ0) is 10.4. The van der Waals surface area contributed by atoms with Crippen molar-refractivity contribution in [2.24, 2.45) is 0 Å². The van der Waals surface area contributed by atoms with E-state index in [-0.39, 0.29) is 5.91 Å². The number of hydrogen-bond acceptors (Lipinski definition) is 3. The highest BCUT2D eigenvalue weighted by Crippen LogP contribution is 2.14. The summed E-state index contributed by atoms with van der Waals surface area (Å²) in [7, 11) is 1.68. The van der Waals surface area contributed by atoms with E-state index in [2.05, 4.69) is 10.9 Å². The van der Waals surface area contributed by atoms with Crippen LogP contribution in [-0.2, 0) is 11.2 Å². The van der Waals surface area contributed by atoms with Crippen LogP contribution in [0.5, 0.6) is 0 Å². The van der Waals surface area contributed by atoms with E-state index in [9.17, 15) is 4.79 Å². The largest absolute Gasteiger partial charge is 0.292 e. The van der Waals surface area contributed by atoms with Crippen LogP contribution < -0.4 is 10.9 Å².